The van der Waals surface area contributed by atoms with Gasteiger partial charge in [0.2, 0.25) is 0 Å². The summed E-state index contributed by atoms with van der Waals surface area (Å²) in [6, 6.07) is 10.2. The first-order valence-corrected chi connectivity index (χ1v) is 13.0. The molecule has 0 fully saturated rings. The molecule has 180 valence electrons. The Bertz CT molecular complexity index is 809. The molecule has 2 rings (SSSR count). The molecule has 0 N–H and O–H groups in total. The number of methoxy groups -OCH3 is 1. The summed E-state index contributed by atoms with van der Waals surface area (Å²) in [5.41, 5.74) is 5.68. The molecule has 0 amide bonds. The van der Waals surface area contributed by atoms with Crippen molar-refractivity contribution < 1.29 is 4.74 Å². The van der Waals surface area contributed by atoms with Crippen LogP contribution in [0.1, 0.15) is 89.5 Å². The van der Waals surface area contributed by atoms with Crippen LogP contribution in [0.2, 0.25) is 5.02 Å². The summed E-state index contributed by atoms with van der Waals surface area (Å²) in [6.45, 7) is 19.2. The zero-order valence-corrected chi connectivity index (χ0v) is 23.9. The van der Waals surface area contributed by atoms with Gasteiger partial charge >= 0.3 is 0 Å². The molecule has 0 saturated carbocycles. The molecule has 1 nitrogen and oxygen atoms in total. The molecule has 3 heteroatoms. The van der Waals surface area contributed by atoms with Crippen LogP contribution in [0.25, 0.3) is 5.57 Å². The average molecular weight is 524 g/mol. The number of ether oxygens (including phenoxy) is 1. The first kappa shape index (κ1) is 30.8. The fraction of sp³-hybridized carbons (Fsp3) is 0.517. The third-order valence-electron chi connectivity index (χ3n) is 5.21. The van der Waals surface area contributed by atoms with Gasteiger partial charge in [-0.2, -0.15) is 0 Å². The molecular weight excluding hydrogens is 480 g/mol. The molecule has 32 heavy (non-hydrogen) atoms. The Kier molecular flexibility index (Phi) is 16.6. The van der Waals surface area contributed by atoms with Crippen LogP contribution in [0.4, 0.5) is 0 Å². The van der Waals surface area contributed by atoms with E-state index in [1.807, 2.05) is 25.1 Å². The fourth-order valence-electron chi connectivity index (χ4n) is 2.96. The van der Waals surface area contributed by atoms with Crippen LogP contribution >= 0.6 is 27.5 Å². The summed E-state index contributed by atoms with van der Waals surface area (Å²) in [4.78, 5) is 0. The minimum atomic E-state index is 0.812. The maximum Gasteiger partial charge on any atom is 0.122 e. The summed E-state index contributed by atoms with van der Waals surface area (Å²) in [7, 11) is 1.70. The Morgan fingerprint density at radius 2 is 1.66 bits per heavy atom. The van der Waals surface area contributed by atoms with Gasteiger partial charge in [-0.15, -0.1) is 0 Å². The van der Waals surface area contributed by atoms with Crippen LogP contribution in [0, 0.1) is 12.8 Å². The van der Waals surface area contributed by atoms with E-state index in [2.05, 4.69) is 76.2 Å². The van der Waals surface area contributed by atoms with E-state index in [0.717, 1.165) is 56.3 Å². The lowest BCUT2D eigenvalue weighted by Gasteiger charge is -2.14. The smallest absolute Gasteiger partial charge is 0.122 e. The van der Waals surface area contributed by atoms with E-state index in [-0.39, 0.29) is 0 Å². The van der Waals surface area contributed by atoms with Gasteiger partial charge < -0.3 is 4.74 Å². The molecule has 0 aliphatic heterocycles. The van der Waals surface area contributed by atoms with Crippen molar-refractivity contribution in [2.24, 2.45) is 5.92 Å². The summed E-state index contributed by atoms with van der Waals surface area (Å²) >= 11 is 9.99. The molecule has 0 atom stereocenters. The lowest BCUT2D eigenvalue weighted by molar-refractivity contribution is 0.409. The third kappa shape index (κ3) is 12.1. The largest absolute Gasteiger partial charge is 0.496 e. The van der Waals surface area contributed by atoms with Crippen molar-refractivity contribution in [1.29, 1.82) is 0 Å². The van der Waals surface area contributed by atoms with E-state index in [4.69, 9.17) is 16.3 Å². The topological polar surface area (TPSA) is 9.23 Å². The number of benzene rings is 2. The predicted molar refractivity (Wildman–Crippen MR) is 149 cm³/mol. The number of halogens is 2. The zero-order chi connectivity index (χ0) is 24.7. The second-order valence-electron chi connectivity index (χ2n) is 8.67. The van der Waals surface area contributed by atoms with Gasteiger partial charge in [0.1, 0.15) is 5.75 Å². The minimum absolute atomic E-state index is 0.812. The Morgan fingerprint density at radius 3 is 2.09 bits per heavy atom. The maximum absolute atomic E-state index is 6.47. The van der Waals surface area contributed by atoms with Crippen LogP contribution in [0.5, 0.6) is 5.75 Å². The van der Waals surface area contributed by atoms with Gasteiger partial charge in [-0.3, -0.25) is 0 Å². The lowest BCUT2D eigenvalue weighted by atomic mass is 9.94. The number of aryl methyl sites for hydroxylation is 2. The van der Waals surface area contributed by atoms with E-state index in [9.17, 15) is 0 Å². The summed E-state index contributed by atoms with van der Waals surface area (Å²) < 4.78 is 6.50. The van der Waals surface area contributed by atoms with Gasteiger partial charge in [0, 0.05) is 9.50 Å². The second kappa shape index (κ2) is 17.3. The van der Waals surface area contributed by atoms with E-state index in [1.165, 1.54) is 31.2 Å². The Hall–Kier alpha value is -1.25. The van der Waals surface area contributed by atoms with Crippen LogP contribution in [-0.4, -0.2) is 7.11 Å². The Balaban J connectivity index is 0.000000805. The molecule has 0 radical (unpaired) electrons. The van der Waals surface area contributed by atoms with Gasteiger partial charge in [-0.05, 0) is 79.1 Å². The number of hydrogen-bond donors (Lipinski definition) is 0. The molecule has 0 aliphatic rings. The molecule has 0 unspecified atom stereocenters. The number of unbranched alkanes of at least 4 members (excludes halogenated alkanes) is 2. The molecule has 2 aromatic rings. The van der Waals surface area contributed by atoms with Crippen molar-refractivity contribution >= 4 is 33.1 Å². The number of allylic oxidation sites excluding steroid dienone is 1. The van der Waals surface area contributed by atoms with Gasteiger partial charge in [0.25, 0.3) is 0 Å². The molecule has 0 aromatic heterocycles. The number of rotatable bonds is 8. The van der Waals surface area contributed by atoms with Crippen molar-refractivity contribution in [3.8, 4) is 5.75 Å². The zero-order valence-electron chi connectivity index (χ0n) is 21.6. The highest BCUT2D eigenvalue weighted by Gasteiger charge is 2.11. The van der Waals surface area contributed by atoms with Gasteiger partial charge in [0.15, 0.2) is 0 Å². The number of hydrogen-bond acceptors (Lipinski definition) is 1. The normalized spacial score (nSPS) is 10.1. The SMILES string of the molecule is C=C(C)c1cc(C)cc(Cl)c1CCc1cc(Br)ccc1OC.CCC(C)C.CCCCC. The Morgan fingerprint density at radius 1 is 1.06 bits per heavy atom. The highest BCUT2D eigenvalue weighted by Crippen LogP contribution is 2.30. The molecule has 0 heterocycles. The fourth-order valence-corrected chi connectivity index (χ4v) is 3.74. The Labute approximate surface area is 211 Å². The van der Waals surface area contributed by atoms with E-state index in [0.29, 0.717) is 0 Å². The first-order valence-electron chi connectivity index (χ1n) is 11.9. The first-order chi connectivity index (χ1) is 15.1. The van der Waals surface area contributed by atoms with Gasteiger partial charge in [0.05, 0.1) is 7.11 Å². The van der Waals surface area contributed by atoms with Gasteiger partial charge in [-0.1, -0.05) is 106 Å². The van der Waals surface area contributed by atoms with Gasteiger partial charge in [-0.25, -0.2) is 0 Å². The average Bonchev–Trinajstić information content (AvgIpc) is 2.74. The monoisotopic (exact) mass is 522 g/mol. The van der Waals surface area contributed by atoms with Crippen LogP contribution in [0.15, 0.2) is 41.4 Å². The standard InChI is InChI=1S/C19H20BrClO.2C5H12/c1-12(2)17-9-13(3)10-18(21)16(17)7-5-14-11-15(20)6-8-19(14)22-4;1-4-5(2)3;1-3-5-4-2/h6,8-11H,1,5,7H2,2-4H3;5H,4H2,1-3H3;3-5H2,1-2H3. The van der Waals surface area contributed by atoms with Crippen LogP contribution < -0.4 is 4.74 Å². The maximum atomic E-state index is 6.47. The van der Waals surface area contributed by atoms with Crippen LogP contribution in [-0.2, 0) is 12.8 Å². The van der Waals surface area contributed by atoms with E-state index in [1.54, 1.807) is 7.11 Å². The van der Waals surface area contributed by atoms with Crippen molar-refractivity contribution in [2.75, 3.05) is 7.11 Å². The summed E-state index contributed by atoms with van der Waals surface area (Å²) in [5, 5.41) is 0.812. The van der Waals surface area contributed by atoms with Crippen molar-refractivity contribution in [1.82, 2.24) is 0 Å². The third-order valence-corrected chi connectivity index (χ3v) is 6.04. The predicted octanol–water partition coefficient (Wildman–Crippen LogP) is 10.5. The highest BCUT2D eigenvalue weighted by atomic mass is 79.9. The summed E-state index contributed by atoms with van der Waals surface area (Å²) in [5.74, 6) is 1.79. The molecular formula is C29H44BrClO. The highest BCUT2D eigenvalue weighted by molar-refractivity contribution is 9.10. The molecule has 2 aromatic carbocycles. The second-order valence-corrected chi connectivity index (χ2v) is 9.99. The molecule has 0 saturated heterocycles. The van der Waals surface area contributed by atoms with E-state index >= 15 is 0 Å². The van der Waals surface area contributed by atoms with Crippen LogP contribution in [0.3, 0.4) is 0 Å². The molecule has 0 spiro atoms. The molecule has 0 aliphatic carbocycles. The quantitative estimate of drug-likeness (QED) is 0.334. The minimum Gasteiger partial charge on any atom is -0.496 e. The van der Waals surface area contributed by atoms with E-state index < -0.39 is 0 Å². The van der Waals surface area contributed by atoms with Crippen molar-refractivity contribution in [3.63, 3.8) is 0 Å². The summed E-state index contributed by atoms with van der Waals surface area (Å²) in [6.07, 6.45) is 7.10. The lowest BCUT2D eigenvalue weighted by Crippen LogP contribution is -2.00. The van der Waals surface area contributed by atoms with Crippen molar-refractivity contribution in [2.45, 2.75) is 87.0 Å². The molecule has 0 bridgehead atoms. The van der Waals surface area contributed by atoms with Crippen molar-refractivity contribution in [3.05, 3.63) is 68.7 Å².